The SMILES string of the molecule is NC(=O)C1CCN(CCC(=O)N2CCOC(c3ccc(-c4ccccc4F)cn3)C2)CC1. The molecule has 2 saturated heterocycles. The standard InChI is InChI=1S/C24H29FN4O3/c25-20-4-2-1-3-19(20)18-5-6-21(27-15-18)22-16-29(13-14-32-22)23(30)9-12-28-10-7-17(8-11-28)24(26)31/h1-6,15,17,22H,7-14,16H2,(H2,26,31). The van der Waals surface area contributed by atoms with Crippen LogP contribution < -0.4 is 5.73 Å². The number of likely N-dealkylation sites (tertiary alicyclic amines) is 1. The van der Waals surface area contributed by atoms with Crippen molar-refractivity contribution in [2.45, 2.75) is 25.4 Å². The van der Waals surface area contributed by atoms with E-state index in [2.05, 4.69) is 9.88 Å². The van der Waals surface area contributed by atoms with Gasteiger partial charge in [-0.2, -0.15) is 0 Å². The van der Waals surface area contributed by atoms with E-state index in [1.54, 1.807) is 24.4 Å². The fourth-order valence-electron chi connectivity index (χ4n) is 4.36. The molecule has 1 atom stereocenters. The van der Waals surface area contributed by atoms with Gasteiger partial charge in [0, 0.05) is 42.8 Å². The smallest absolute Gasteiger partial charge is 0.224 e. The molecule has 0 spiro atoms. The molecule has 1 aromatic heterocycles. The number of nitrogens with zero attached hydrogens (tertiary/aromatic N) is 3. The number of carbonyl (C=O) groups excluding carboxylic acids is 2. The van der Waals surface area contributed by atoms with Gasteiger partial charge in [-0.05, 0) is 38.1 Å². The first kappa shape index (κ1) is 22.4. The summed E-state index contributed by atoms with van der Waals surface area (Å²) in [5.74, 6) is -0.459. The van der Waals surface area contributed by atoms with E-state index in [-0.39, 0.29) is 29.7 Å². The van der Waals surface area contributed by atoms with Crippen molar-refractivity contribution in [2.24, 2.45) is 11.7 Å². The van der Waals surface area contributed by atoms with Gasteiger partial charge in [0.25, 0.3) is 0 Å². The molecule has 1 unspecified atom stereocenters. The number of primary amides is 1. The minimum absolute atomic E-state index is 0.0424. The lowest BCUT2D eigenvalue weighted by atomic mass is 9.96. The van der Waals surface area contributed by atoms with Crippen LogP contribution >= 0.6 is 0 Å². The molecule has 2 N–H and O–H groups in total. The second kappa shape index (κ2) is 10.2. The van der Waals surface area contributed by atoms with E-state index in [1.807, 2.05) is 17.0 Å². The molecular formula is C24H29FN4O3. The predicted molar refractivity (Wildman–Crippen MR) is 118 cm³/mol. The number of piperidine rings is 1. The van der Waals surface area contributed by atoms with E-state index in [1.165, 1.54) is 6.07 Å². The quantitative estimate of drug-likeness (QED) is 0.745. The van der Waals surface area contributed by atoms with Gasteiger partial charge < -0.3 is 20.3 Å². The van der Waals surface area contributed by atoms with Crippen molar-refractivity contribution in [3.8, 4) is 11.1 Å². The van der Waals surface area contributed by atoms with Gasteiger partial charge in [-0.3, -0.25) is 14.6 Å². The summed E-state index contributed by atoms with van der Waals surface area (Å²) in [6.07, 6.45) is 3.31. The first-order valence-corrected chi connectivity index (χ1v) is 11.1. The van der Waals surface area contributed by atoms with Gasteiger partial charge in [-0.15, -0.1) is 0 Å². The number of rotatable bonds is 6. The Balaban J connectivity index is 1.30. The molecule has 3 heterocycles. The number of morpholine rings is 1. The number of aromatic nitrogens is 1. The number of benzene rings is 1. The molecule has 8 heteroatoms. The monoisotopic (exact) mass is 440 g/mol. The van der Waals surface area contributed by atoms with Gasteiger partial charge in [0.15, 0.2) is 0 Å². The van der Waals surface area contributed by atoms with Crippen LogP contribution in [0.1, 0.15) is 31.1 Å². The normalized spacial score (nSPS) is 20.3. The van der Waals surface area contributed by atoms with E-state index in [9.17, 15) is 14.0 Å². The number of pyridine rings is 1. The number of hydrogen-bond acceptors (Lipinski definition) is 5. The minimum atomic E-state index is -0.298. The van der Waals surface area contributed by atoms with Crippen molar-refractivity contribution in [1.29, 1.82) is 0 Å². The summed E-state index contributed by atoms with van der Waals surface area (Å²) >= 11 is 0. The second-order valence-corrected chi connectivity index (χ2v) is 8.42. The molecule has 0 saturated carbocycles. The number of hydrogen-bond donors (Lipinski definition) is 1. The molecular weight excluding hydrogens is 411 g/mol. The third-order valence-electron chi connectivity index (χ3n) is 6.35. The first-order valence-electron chi connectivity index (χ1n) is 11.1. The number of carbonyl (C=O) groups is 2. The van der Waals surface area contributed by atoms with Crippen molar-refractivity contribution in [3.05, 3.63) is 54.1 Å². The first-order chi connectivity index (χ1) is 15.5. The van der Waals surface area contributed by atoms with Gasteiger partial charge in [-0.25, -0.2) is 4.39 Å². The maximum Gasteiger partial charge on any atom is 0.224 e. The van der Waals surface area contributed by atoms with Crippen LogP contribution in [0.5, 0.6) is 0 Å². The van der Waals surface area contributed by atoms with Crippen molar-refractivity contribution < 1.29 is 18.7 Å². The highest BCUT2D eigenvalue weighted by Gasteiger charge is 2.28. The van der Waals surface area contributed by atoms with Crippen molar-refractivity contribution in [2.75, 3.05) is 39.3 Å². The molecule has 7 nitrogen and oxygen atoms in total. The lowest BCUT2D eigenvalue weighted by Gasteiger charge is -2.34. The van der Waals surface area contributed by atoms with Crippen LogP contribution in [0.3, 0.4) is 0 Å². The average Bonchev–Trinajstić information content (AvgIpc) is 2.83. The van der Waals surface area contributed by atoms with Crippen LogP contribution in [0.2, 0.25) is 0 Å². The maximum absolute atomic E-state index is 14.0. The Morgan fingerprint density at radius 2 is 1.91 bits per heavy atom. The molecule has 170 valence electrons. The van der Waals surface area contributed by atoms with E-state index < -0.39 is 0 Å². The fraction of sp³-hybridized carbons (Fsp3) is 0.458. The van der Waals surface area contributed by atoms with Crippen LogP contribution in [0.4, 0.5) is 4.39 Å². The second-order valence-electron chi connectivity index (χ2n) is 8.42. The lowest BCUT2D eigenvalue weighted by Crippen LogP contribution is -2.44. The largest absolute Gasteiger partial charge is 0.369 e. The van der Waals surface area contributed by atoms with E-state index >= 15 is 0 Å². The number of ether oxygens (including phenoxy) is 1. The summed E-state index contributed by atoms with van der Waals surface area (Å²) in [6.45, 7) is 3.75. The fourth-order valence-corrected chi connectivity index (χ4v) is 4.36. The van der Waals surface area contributed by atoms with E-state index in [0.717, 1.165) is 31.6 Å². The Labute approximate surface area is 187 Å². The van der Waals surface area contributed by atoms with Gasteiger partial charge in [0.05, 0.1) is 18.8 Å². The van der Waals surface area contributed by atoms with Gasteiger partial charge in [0.1, 0.15) is 11.9 Å². The number of nitrogens with two attached hydrogens (primary N) is 1. The topological polar surface area (TPSA) is 88.8 Å². The Morgan fingerprint density at radius 1 is 1.12 bits per heavy atom. The number of halogens is 1. The van der Waals surface area contributed by atoms with Crippen molar-refractivity contribution in [3.63, 3.8) is 0 Å². The molecule has 32 heavy (non-hydrogen) atoms. The highest BCUT2D eigenvalue weighted by atomic mass is 19.1. The summed E-state index contributed by atoms with van der Waals surface area (Å²) < 4.78 is 19.9. The Hall–Kier alpha value is -2.84. The van der Waals surface area contributed by atoms with Crippen molar-refractivity contribution >= 4 is 11.8 Å². The average molecular weight is 441 g/mol. The highest BCUT2D eigenvalue weighted by molar-refractivity contribution is 5.77. The summed E-state index contributed by atoms with van der Waals surface area (Å²) in [5.41, 5.74) is 7.33. The van der Waals surface area contributed by atoms with Crippen LogP contribution in [0.15, 0.2) is 42.6 Å². The van der Waals surface area contributed by atoms with E-state index in [0.29, 0.717) is 43.8 Å². The summed E-state index contributed by atoms with van der Waals surface area (Å²) in [6, 6.07) is 10.3. The Bertz CT molecular complexity index is 945. The summed E-state index contributed by atoms with van der Waals surface area (Å²) in [4.78, 5) is 32.6. The molecule has 0 bridgehead atoms. The van der Waals surface area contributed by atoms with Crippen LogP contribution in [0.25, 0.3) is 11.1 Å². The van der Waals surface area contributed by atoms with Crippen molar-refractivity contribution in [1.82, 2.24) is 14.8 Å². The molecule has 1 aromatic carbocycles. The molecule has 0 aliphatic carbocycles. The van der Waals surface area contributed by atoms with Gasteiger partial charge in [0.2, 0.25) is 11.8 Å². The van der Waals surface area contributed by atoms with Gasteiger partial charge >= 0.3 is 0 Å². The molecule has 2 aliphatic rings. The van der Waals surface area contributed by atoms with Crippen LogP contribution in [0, 0.1) is 11.7 Å². The van der Waals surface area contributed by atoms with Crippen LogP contribution in [-0.4, -0.2) is 65.9 Å². The van der Waals surface area contributed by atoms with Crippen LogP contribution in [-0.2, 0) is 14.3 Å². The zero-order valence-corrected chi connectivity index (χ0v) is 18.1. The predicted octanol–water partition coefficient (Wildman–Crippen LogP) is 2.38. The molecule has 2 aliphatic heterocycles. The summed E-state index contributed by atoms with van der Waals surface area (Å²) in [7, 11) is 0. The molecule has 0 radical (unpaired) electrons. The zero-order valence-electron chi connectivity index (χ0n) is 18.1. The third-order valence-corrected chi connectivity index (χ3v) is 6.35. The maximum atomic E-state index is 14.0. The molecule has 2 amide bonds. The van der Waals surface area contributed by atoms with Gasteiger partial charge in [-0.1, -0.05) is 24.3 Å². The third kappa shape index (κ3) is 5.31. The zero-order chi connectivity index (χ0) is 22.5. The molecule has 2 fully saturated rings. The van der Waals surface area contributed by atoms with E-state index in [4.69, 9.17) is 10.5 Å². The summed E-state index contributed by atoms with van der Waals surface area (Å²) in [5, 5.41) is 0. The Kier molecular flexibility index (Phi) is 7.12. The minimum Gasteiger partial charge on any atom is -0.369 e. The molecule has 2 aromatic rings. The Morgan fingerprint density at radius 3 is 2.59 bits per heavy atom. The lowest BCUT2D eigenvalue weighted by molar-refractivity contribution is -0.139. The highest BCUT2D eigenvalue weighted by Crippen LogP contribution is 2.26. The number of amides is 2. The molecule has 4 rings (SSSR count).